The molecule has 0 saturated carbocycles. The van der Waals surface area contributed by atoms with E-state index in [2.05, 4.69) is 36.7 Å². The fraction of sp³-hybridized carbons (Fsp3) is 0.214. The summed E-state index contributed by atoms with van der Waals surface area (Å²) >= 11 is 11.8. The quantitative estimate of drug-likeness (QED) is 0.248. The van der Waals surface area contributed by atoms with E-state index in [1.54, 1.807) is 12.1 Å². The molecule has 0 aliphatic heterocycles. The fourth-order valence-corrected chi connectivity index (χ4v) is 4.04. The van der Waals surface area contributed by atoms with E-state index in [1.807, 2.05) is 73.7 Å². The molecule has 3 aromatic rings. The van der Waals surface area contributed by atoms with Crippen molar-refractivity contribution in [1.82, 2.24) is 10.6 Å². The Balaban J connectivity index is 1.69. The number of halogens is 1. The molecule has 0 radical (unpaired) electrons. The summed E-state index contributed by atoms with van der Waals surface area (Å²) in [5.41, 5.74) is 4.76. The van der Waals surface area contributed by atoms with Crippen LogP contribution in [0, 0.1) is 6.92 Å². The predicted molar refractivity (Wildman–Crippen MR) is 148 cm³/mol. The van der Waals surface area contributed by atoms with Gasteiger partial charge in [-0.15, -0.1) is 0 Å². The van der Waals surface area contributed by atoms with E-state index in [1.165, 1.54) is 0 Å². The first-order valence-corrected chi connectivity index (χ1v) is 11.9. The molecule has 6 heteroatoms. The maximum Gasteiger partial charge on any atom is 0.194 e. The molecule has 0 fully saturated rings. The zero-order chi connectivity index (χ0) is 24.7. The summed E-state index contributed by atoms with van der Waals surface area (Å²) < 4.78 is 0. The highest BCUT2D eigenvalue weighted by atomic mass is 35.5. The second-order valence-corrected chi connectivity index (χ2v) is 9.85. The summed E-state index contributed by atoms with van der Waals surface area (Å²) in [5, 5.41) is 10.9. The van der Waals surface area contributed by atoms with Crippen molar-refractivity contribution in [3.8, 4) is 0 Å². The highest BCUT2D eigenvalue weighted by Crippen LogP contribution is 2.28. The van der Waals surface area contributed by atoms with Crippen LogP contribution in [0.25, 0.3) is 6.08 Å². The molecule has 0 saturated heterocycles. The number of nitrogens with one attached hydrogen (secondary N) is 3. The number of thiocarbonyl (C=S) groups is 1. The fourth-order valence-electron chi connectivity index (χ4n) is 3.38. The van der Waals surface area contributed by atoms with Crippen molar-refractivity contribution in [2.75, 3.05) is 11.9 Å². The molecule has 4 nitrogen and oxygen atoms in total. The van der Waals surface area contributed by atoms with Crippen molar-refractivity contribution in [3.05, 3.63) is 100 Å². The minimum absolute atomic E-state index is 0.0777. The van der Waals surface area contributed by atoms with Crippen LogP contribution in [0.2, 0.25) is 5.02 Å². The molecule has 0 aliphatic carbocycles. The highest BCUT2D eigenvalue weighted by molar-refractivity contribution is 7.80. The molecule has 3 N–H and O–H groups in total. The van der Waals surface area contributed by atoms with Gasteiger partial charge in [0.15, 0.2) is 10.9 Å². The third-order valence-corrected chi connectivity index (χ3v) is 5.57. The first-order valence-electron chi connectivity index (χ1n) is 11.1. The van der Waals surface area contributed by atoms with Crippen molar-refractivity contribution >= 4 is 52.2 Å². The van der Waals surface area contributed by atoms with Gasteiger partial charge in [-0.1, -0.05) is 66.2 Å². The van der Waals surface area contributed by atoms with E-state index >= 15 is 0 Å². The maximum absolute atomic E-state index is 12.9. The standard InChI is InChI=1S/C28H30ClN3OS/c1-19-10-5-7-13-22(19)26(33)23-16-15-21(18-24(23)29)31-25-14-8-6-11-20(25)12-9-17-30-27(34)32-28(2,3)4/h5-16,18,31H,17H2,1-4H3,(H2,30,32,34). The van der Waals surface area contributed by atoms with E-state index < -0.39 is 0 Å². The molecule has 0 heterocycles. The molecule has 0 amide bonds. The van der Waals surface area contributed by atoms with Crippen molar-refractivity contribution in [3.63, 3.8) is 0 Å². The third kappa shape index (κ3) is 7.17. The number of aryl methyl sites for hydroxylation is 1. The maximum atomic E-state index is 12.9. The second-order valence-electron chi connectivity index (χ2n) is 9.04. The first-order chi connectivity index (χ1) is 16.1. The smallest absolute Gasteiger partial charge is 0.194 e. The average molecular weight is 492 g/mol. The van der Waals surface area contributed by atoms with Crippen LogP contribution >= 0.6 is 23.8 Å². The minimum atomic E-state index is -0.0793. The Morgan fingerprint density at radius 3 is 2.41 bits per heavy atom. The van der Waals surface area contributed by atoms with Gasteiger partial charge in [-0.3, -0.25) is 4.79 Å². The van der Waals surface area contributed by atoms with E-state index in [4.69, 9.17) is 23.8 Å². The van der Waals surface area contributed by atoms with Crippen molar-refractivity contribution in [2.45, 2.75) is 33.2 Å². The molecular formula is C28H30ClN3OS. The van der Waals surface area contributed by atoms with Crippen LogP contribution in [0.3, 0.4) is 0 Å². The van der Waals surface area contributed by atoms with E-state index in [9.17, 15) is 4.79 Å². The molecule has 0 aromatic heterocycles. The number of benzene rings is 3. The van der Waals surface area contributed by atoms with Crippen LogP contribution in [-0.4, -0.2) is 23.0 Å². The topological polar surface area (TPSA) is 53.2 Å². The van der Waals surface area contributed by atoms with Gasteiger partial charge in [0, 0.05) is 34.6 Å². The largest absolute Gasteiger partial charge is 0.359 e. The van der Waals surface area contributed by atoms with Gasteiger partial charge in [0.1, 0.15) is 0 Å². The molecule has 34 heavy (non-hydrogen) atoms. The summed E-state index contributed by atoms with van der Waals surface area (Å²) in [6, 6.07) is 20.9. The lowest BCUT2D eigenvalue weighted by Gasteiger charge is -2.22. The van der Waals surface area contributed by atoms with Gasteiger partial charge < -0.3 is 16.0 Å². The van der Waals surface area contributed by atoms with Gasteiger partial charge in [-0.25, -0.2) is 0 Å². The molecule has 3 aromatic carbocycles. The van der Waals surface area contributed by atoms with Crippen molar-refractivity contribution in [1.29, 1.82) is 0 Å². The molecule has 0 atom stereocenters. The number of hydrogen-bond donors (Lipinski definition) is 3. The van der Waals surface area contributed by atoms with Crippen LogP contribution in [0.1, 0.15) is 47.8 Å². The highest BCUT2D eigenvalue weighted by Gasteiger charge is 2.15. The Kier molecular flexibility index (Phi) is 8.48. The number of para-hydroxylation sites is 1. The summed E-state index contributed by atoms with van der Waals surface area (Å²) in [4.78, 5) is 12.9. The first kappa shape index (κ1) is 25.5. The number of hydrogen-bond acceptors (Lipinski definition) is 3. The Bertz CT molecular complexity index is 1210. The van der Waals surface area contributed by atoms with Crippen LogP contribution < -0.4 is 16.0 Å². The molecule has 0 aliphatic rings. The third-order valence-electron chi connectivity index (χ3n) is 5.01. The van der Waals surface area contributed by atoms with Crippen LogP contribution in [0.5, 0.6) is 0 Å². The zero-order valence-electron chi connectivity index (χ0n) is 19.9. The summed E-state index contributed by atoms with van der Waals surface area (Å²) in [7, 11) is 0. The Hall–Kier alpha value is -3.15. The molecule has 0 spiro atoms. The Morgan fingerprint density at radius 1 is 1.00 bits per heavy atom. The summed E-state index contributed by atoms with van der Waals surface area (Å²) in [6.45, 7) is 8.73. The molecule has 176 valence electrons. The van der Waals surface area contributed by atoms with Crippen molar-refractivity contribution in [2.24, 2.45) is 0 Å². The van der Waals surface area contributed by atoms with Gasteiger partial charge in [-0.05, 0) is 75.3 Å². The minimum Gasteiger partial charge on any atom is -0.359 e. The molecule has 0 unspecified atom stereocenters. The van der Waals surface area contributed by atoms with Gasteiger partial charge in [0.05, 0.1) is 5.02 Å². The lowest BCUT2D eigenvalue weighted by Crippen LogP contribution is -2.46. The summed E-state index contributed by atoms with van der Waals surface area (Å²) in [6.07, 6.45) is 4.06. The monoisotopic (exact) mass is 491 g/mol. The molecular weight excluding hydrogens is 462 g/mol. The van der Waals surface area contributed by atoms with Crippen molar-refractivity contribution < 1.29 is 4.79 Å². The molecule has 0 bridgehead atoms. The van der Waals surface area contributed by atoms with Crippen LogP contribution in [0.4, 0.5) is 11.4 Å². The van der Waals surface area contributed by atoms with Gasteiger partial charge in [-0.2, -0.15) is 0 Å². The van der Waals surface area contributed by atoms with Gasteiger partial charge in [0.2, 0.25) is 0 Å². The van der Waals surface area contributed by atoms with E-state index in [-0.39, 0.29) is 11.3 Å². The second kappa shape index (κ2) is 11.3. The van der Waals surface area contributed by atoms with Gasteiger partial charge >= 0.3 is 0 Å². The van der Waals surface area contributed by atoms with Crippen LogP contribution in [0.15, 0.2) is 72.8 Å². The lowest BCUT2D eigenvalue weighted by atomic mass is 9.99. The van der Waals surface area contributed by atoms with Gasteiger partial charge in [0.25, 0.3) is 0 Å². The zero-order valence-corrected chi connectivity index (χ0v) is 21.5. The number of carbonyl (C=O) groups is 1. The Morgan fingerprint density at radius 2 is 1.71 bits per heavy atom. The number of carbonyl (C=O) groups excluding carboxylic acids is 1. The van der Waals surface area contributed by atoms with E-state index in [0.29, 0.717) is 27.8 Å². The number of rotatable bonds is 7. The normalized spacial score (nSPS) is 11.3. The number of ketones is 1. The number of anilines is 2. The molecule has 3 rings (SSSR count). The average Bonchev–Trinajstić information content (AvgIpc) is 2.76. The van der Waals surface area contributed by atoms with Crippen LogP contribution in [-0.2, 0) is 0 Å². The SMILES string of the molecule is Cc1ccccc1C(=O)c1ccc(Nc2ccccc2C=CCNC(=S)NC(C)(C)C)cc1Cl. The Labute approximate surface area is 212 Å². The van der Waals surface area contributed by atoms with E-state index in [0.717, 1.165) is 22.5 Å². The lowest BCUT2D eigenvalue weighted by molar-refractivity contribution is 0.103. The predicted octanol–water partition coefficient (Wildman–Crippen LogP) is 6.90. The summed E-state index contributed by atoms with van der Waals surface area (Å²) in [5.74, 6) is -0.0793.